The first-order chi connectivity index (χ1) is 35.5. The highest BCUT2D eigenvalue weighted by Crippen LogP contribution is 2.38. The molecule has 72 heavy (non-hydrogen) atoms. The molecule has 0 bridgehead atoms. The van der Waals surface area contributed by atoms with Crippen LogP contribution >= 0.6 is 0 Å². The molecular formula is C64H42N4O4. The lowest BCUT2D eigenvalue weighted by atomic mass is 9.93. The zero-order chi connectivity index (χ0) is 48.1. The molecule has 2 heterocycles. The highest BCUT2D eigenvalue weighted by Gasteiger charge is 2.17. The Bertz CT molecular complexity index is 4210. The summed E-state index contributed by atoms with van der Waals surface area (Å²) in [6.07, 6.45) is -1.38. The van der Waals surface area contributed by atoms with Gasteiger partial charge in [0.2, 0.25) is 0 Å². The number of carbonyl (C=O) groups is 2. The van der Waals surface area contributed by atoms with Crippen molar-refractivity contribution >= 4 is 98.6 Å². The molecule has 342 valence electrons. The number of aromatic nitrogens is 2. The molecule has 13 rings (SSSR count). The van der Waals surface area contributed by atoms with Crippen molar-refractivity contribution in [2.45, 2.75) is 13.2 Å². The van der Waals surface area contributed by atoms with E-state index < -0.39 is 12.2 Å². The van der Waals surface area contributed by atoms with Gasteiger partial charge in [0, 0.05) is 44.0 Å². The van der Waals surface area contributed by atoms with Crippen LogP contribution < -0.4 is 10.7 Å². The number of nitrogens with zero attached hydrogens (tertiary/aromatic N) is 2. The third-order valence-electron chi connectivity index (χ3n) is 13.7. The average Bonchev–Trinajstić information content (AvgIpc) is 3.43. The van der Waals surface area contributed by atoms with Crippen LogP contribution in [0.25, 0.3) is 109 Å². The van der Waals surface area contributed by atoms with Gasteiger partial charge in [-0.1, -0.05) is 188 Å². The van der Waals surface area contributed by atoms with E-state index >= 15 is 0 Å². The predicted octanol–water partition coefficient (Wildman–Crippen LogP) is 15.4. The maximum absolute atomic E-state index is 13.8. The molecule has 0 saturated heterocycles. The number of H-pyrrole nitrogens is 2. The molecule has 8 nitrogen and oxygen atoms in total. The summed E-state index contributed by atoms with van der Waals surface area (Å²) >= 11 is 0. The monoisotopic (exact) mass is 930 g/mol. The quantitative estimate of drug-likeness (QED) is 0.162. The summed E-state index contributed by atoms with van der Waals surface area (Å²) in [5.41, 5.74) is 6.51. The van der Waals surface area contributed by atoms with Gasteiger partial charge in [0.05, 0.1) is 10.7 Å². The van der Waals surface area contributed by atoms with Gasteiger partial charge >= 0.3 is 12.2 Å². The maximum Gasteiger partial charge on any atom is 0.434 e. The van der Waals surface area contributed by atoms with Gasteiger partial charge in [-0.2, -0.15) is 9.98 Å². The number of amides is 2. The number of hydrogen-bond donors (Lipinski definition) is 2. The Kier molecular flexibility index (Phi) is 10.4. The summed E-state index contributed by atoms with van der Waals surface area (Å²) in [7, 11) is 0. The van der Waals surface area contributed by atoms with Crippen molar-refractivity contribution in [3.8, 4) is 22.5 Å². The molecule has 0 saturated carbocycles. The molecule has 0 radical (unpaired) electrons. The molecule has 0 unspecified atom stereocenters. The molecular weight excluding hydrogens is 889 g/mol. The van der Waals surface area contributed by atoms with Crippen LogP contribution in [0.4, 0.5) is 9.59 Å². The van der Waals surface area contributed by atoms with Crippen LogP contribution in [0.1, 0.15) is 11.1 Å². The SMILES string of the molecule is O=C(N=c1cc(-c2cccc(-c3cc(=NC(=O)OCc4ccccc4)c4c(ccc5ccc6ccc7ccccc7c6c54)[nH]3)c2)[nH]c2ccc3ccc4ccc5ccccc5c4c3c12)OCc1ccccc1. The summed E-state index contributed by atoms with van der Waals surface area (Å²) in [4.78, 5) is 44.6. The van der Waals surface area contributed by atoms with Crippen molar-refractivity contribution in [2.75, 3.05) is 0 Å². The second-order valence-corrected chi connectivity index (χ2v) is 18.1. The van der Waals surface area contributed by atoms with E-state index in [1.807, 2.05) is 103 Å². The molecule has 2 N–H and O–H groups in total. The molecule has 0 fully saturated rings. The lowest BCUT2D eigenvalue weighted by molar-refractivity contribution is 0.149. The molecule has 2 amide bonds. The van der Waals surface area contributed by atoms with Crippen molar-refractivity contribution in [1.29, 1.82) is 0 Å². The summed E-state index contributed by atoms with van der Waals surface area (Å²) < 4.78 is 11.6. The van der Waals surface area contributed by atoms with E-state index in [0.29, 0.717) is 10.7 Å². The van der Waals surface area contributed by atoms with Crippen LogP contribution in [-0.2, 0) is 22.7 Å². The fourth-order valence-electron chi connectivity index (χ4n) is 10.4. The highest BCUT2D eigenvalue weighted by atomic mass is 16.5. The number of rotatable bonds is 6. The van der Waals surface area contributed by atoms with Gasteiger partial charge in [0.15, 0.2) is 0 Å². The van der Waals surface area contributed by atoms with E-state index in [0.717, 1.165) is 120 Å². The van der Waals surface area contributed by atoms with Crippen LogP contribution in [0.15, 0.2) is 228 Å². The molecule has 0 spiro atoms. The van der Waals surface area contributed by atoms with E-state index in [1.165, 1.54) is 0 Å². The van der Waals surface area contributed by atoms with Crippen molar-refractivity contribution in [2.24, 2.45) is 9.98 Å². The standard InChI is InChI=1S/C64H42N4O4/c69-63(71-37-39-12-3-1-4-13-39)67-55-35-53(65-51-32-30-45-28-26-43-24-22-41-16-7-9-20-49(41)57(43)59(45)61(51)55)47-18-11-19-48(34-47)54-36-56(68-64(70)72-38-40-14-5-2-6-15-40)62-52(66-54)33-31-46-29-27-44-25-23-42-17-8-10-21-50(42)58(44)60(46)62/h1-36H,37-38H2,(H,65,67,69)(H,66,68,70). The van der Waals surface area contributed by atoms with Gasteiger partial charge < -0.3 is 19.4 Å². The number of aromatic amines is 2. The number of carbonyl (C=O) groups excluding carboxylic acids is 2. The number of pyridine rings is 2. The first-order valence-electron chi connectivity index (χ1n) is 23.9. The van der Waals surface area contributed by atoms with Crippen molar-refractivity contribution in [1.82, 2.24) is 9.97 Å². The van der Waals surface area contributed by atoms with E-state index in [9.17, 15) is 9.59 Å². The van der Waals surface area contributed by atoms with Crippen LogP contribution in [-0.4, -0.2) is 22.2 Å². The Morgan fingerprint density at radius 1 is 0.347 bits per heavy atom. The summed E-state index contributed by atoms with van der Waals surface area (Å²) in [6.45, 7) is 0.181. The Labute approximate surface area is 411 Å². The summed E-state index contributed by atoms with van der Waals surface area (Å²) in [5, 5.41) is 15.4. The zero-order valence-electron chi connectivity index (χ0n) is 38.7. The Morgan fingerprint density at radius 3 is 1.17 bits per heavy atom. The average molecular weight is 931 g/mol. The molecule has 0 aliphatic rings. The van der Waals surface area contributed by atoms with Gasteiger partial charge in [0.1, 0.15) is 13.2 Å². The van der Waals surface area contributed by atoms with Gasteiger partial charge in [0.25, 0.3) is 0 Å². The van der Waals surface area contributed by atoms with Crippen molar-refractivity contribution in [3.63, 3.8) is 0 Å². The zero-order valence-corrected chi connectivity index (χ0v) is 38.7. The van der Waals surface area contributed by atoms with Crippen LogP contribution in [0, 0.1) is 0 Å². The van der Waals surface area contributed by atoms with Gasteiger partial charge in [-0.15, -0.1) is 0 Å². The number of hydrogen-bond acceptors (Lipinski definition) is 4. The molecule has 2 aromatic heterocycles. The maximum atomic E-state index is 13.8. The number of fused-ring (bicyclic) bond motifs is 14. The fourth-order valence-corrected chi connectivity index (χ4v) is 10.4. The highest BCUT2D eigenvalue weighted by molar-refractivity contribution is 6.28. The Morgan fingerprint density at radius 2 is 0.722 bits per heavy atom. The number of benzene rings is 11. The van der Waals surface area contributed by atoms with Gasteiger partial charge in [-0.05, 0) is 106 Å². The van der Waals surface area contributed by atoms with Crippen LogP contribution in [0.3, 0.4) is 0 Å². The Balaban J connectivity index is 1.00. The second-order valence-electron chi connectivity index (χ2n) is 18.1. The molecule has 0 aliphatic carbocycles. The minimum atomic E-state index is -0.689. The topological polar surface area (TPSA) is 109 Å². The van der Waals surface area contributed by atoms with Crippen LogP contribution in [0.5, 0.6) is 0 Å². The molecule has 8 heteroatoms. The van der Waals surface area contributed by atoms with Gasteiger partial charge in [-0.25, -0.2) is 9.59 Å². The van der Waals surface area contributed by atoms with E-state index in [4.69, 9.17) is 19.5 Å². The third-order valence-corrected chi connectivity index (χ3v) is 13.7. The molecule has 0 atom stereocenters. The first-order valence-corrected chi connectivity index (χ1v) is 23.9. The minimum absolute atomic E-state index is 0.0904. The van der Waals surface area contributed by atoms with E-state index in [1.54, 1.807) is 0 Å². The smallest absolute Gasteiger partial charge is 0.434 e. The Hall–Kier alpha value is -9.66. The fraction of sp³-hybridized carbons (Fsp3) is 0.0312. The lowest BCUT2D eigenvalue weighted by Crippen LogP contribution is -2.12. The number of nitrogens with one attached hydrogen (secondary N) is 2. The third kappa shape index (κ3) is 7.68. The molecule has 13 aromatic rings. The largest absolute Gasteiger partial charge is 0.443 e. The second kappa shape index (κ2) is 17.7. The van der Waals surface area contributed by atoms with E-state index in [-0.39, 0.29) is 13.2 Å². The summed E-state index contributed by atoms with van der Waals surface area (Å²) in [5.74, 6) is 0. The van der Waals surface area contributed by atoms with Crippen molar-refractivity contribution < 1.29 is 19.1 Å². The van der Waals surface area contributed by atoms with Crippen molar-refractivity contribution in [3.05, 3.63) is 240 Å². The minimum Gasteiger partial charge on any atom is -0.443 e. The molecule has 0 aliphatic heterocycles. The van der Waals surface area contributed by atoms with Gasteiger partial charge in [-0.3, -0.25) is 0 Å². The van der Waals surface area contributed by atoms with Crippen LogP contribution in [0.2, 0.25) is 0 Å². The lowest BCUT2D eigenvalue weighted by Gasteiger charge is -2.14. The summed E-state index contributed by atoms with van der Waals surface area (Å²) in [6, 6.07) is 73.4. The first kappa shape index (κ1) is 42.4. The number of ether oxygens (including phenoxy) is 2. The van der Waals surface area contributed by atoms with E-state index in [2.05, 4.69) is 125 Å². The molecule has 11 aromatic carbocycles. The predicted molar refractivity (Wildman–Crippen MR) is 290 cm³/mol. The normalized spacial score (nSPS) is 12.3.